The molecule has 2 aromatic rings. The van der Waals surface area contributed by atoms with Crippen molar-refractivity contribution in [2.75, 3.05) is 19.7 Å². The highest BCUT2D eigenvalue weighted by molar-refractivity contribution is 6.22. The molecule has 0 saturated heterocycles. The summed E-state index contributed by atoms with van der Waals surface area (Å²) in [6.07, 6.45) is 0.516. The minimum absolute atomic E-state index is 0.0237. The predicted molar refractivity (Wildman–Crippen MR) is 109 cm³/mol. The van der Waals surface area contributed by atoms with Crippen molar-refractivity contribution >= 4 is 29.7 Å². The van der Waals surface area contributed by atoms with Crippen LogP contribution in [-0.2, 0) is 16.0 Å². The second-order valence-corrected chi connectivity index (χ2v) is 6.74. The second kappa shape index (κ2) is 9.66. The lowest BCUT2D eigenvalue weighted by Gasteiger charge is -2.13. The third-order valence-corrected chi connectivity index (χ3v) is 4.60. The van der Waals surface area contributed by atoms with Crippen LogP contribution in [-0.4, -0.2) is 54.3 Å². The van der Waals surface area contributed by atoms with Crippen LogP contribution >= 0.6 is 0 Å². The maximum atomic E-state index is 12.7. The van der Waals surface area contributed by atoms with Crippen LogP contribution in [0, 0.1) is 0 Å². The van der Waals surface area contributed by atoms with Crippen molar-refractivity contribution in [1.29, 1.82) is 0 Å². The van der Waals surface area contributed by atoms with E-state index in [1.165, 1.54) is 18.2 Å². The molecule has 1 aliphatic heterocycles. The largest absolute Gasteiger partial charge is 0.452 e. The first-order valence-corrected chi connectivity index (χ1v) is 9.69. The molecule has 31 heavy (non-hydrogen) atoms. The van der Waals surface area contributed by atoms with Crippen molar-refractivity contribution in [3.05, 3.63) is 70.8 Å². The number of benzene rings is 2. The SMILES string of the molecule is CCNC(=O)NC(=O)COC(=O)c1ccc2c(c1)C(=O)N(CCc1ccccc1)C2=O. The highest BCUT2D eigenvalue weighted by atomic mass is 16.5. The van der Waals surface area contributed by atoms with Gasteiger partial charge in [-0.1, -0.05) is 30.3 Å². The van der Waals surface area contributed by atoms with Crippen molar-refractivity contribution < 1.29 is 28.7 Å². The average Bonchev–Trinajstić information content (AvgIpc) is 3.00. The van der Waals surface area contributed by atoms with Gasteiger partial charge in [0.05, 0.1) is 16.7 Å². The van der Waals surface area contributed by atoms with E-state index in [9.17, 15) is 24.0 Å². The molecular formula is C22H21N3O6. The van der Waals surface area contributed by atoms with Crippen molar-refractivity contribution in [2.45, 2.75) is 13.3 Å². The van der Waals surface area contributed by atoms with Crippen molar-refractivity contribution in [2.24, 2.45) is 0 Å². The maximum Gasteiger partial charge on any atom is 0.338 e. The van der Waals surface area contributed by atoms with Crippen LogP contribution in [0.4, 0.5) is 4.79 Å². The van der Waals surface area contributed by atoms with Gasteiger partial charge in [0.1, 0.15) is 0 Å². The van der Waals surface area contributed by atoms with E-state index >= 15 is 0 Å². The fraction of sp³-hybridized carbons (Fsp3) is 0.227. The van der Waals surface area contributed by atoms with Gasteiger partial charge < -0.3 is 10.1 Å². The molecule has 0 saturated carbocycles. The molecule has 5 amide bonds. The number of urea groups is 1. The molecule has 0 spiro atoms. The predicted octanol–water partition coefficient (Wildman–Crippen LogP) is 1.53. The third-order valence-electron chi connectivity index (χ3n) is 4.60. The van der Waals surface area contributed by atoms with Crippen LogP contribution in [0.15, 0.2) is 48.5 Å². The van der Waals surface area contributed by atoms with Gasteiger partial charge >= 0.3 is 12.0 Å². The molecule has 2 N–H and O–H groups in total. The van der Waals surface area contributed by atoms with Gasteiger partial charge in [0.25, 0.3) is 17.7 Å². The molecule has 1 aliphatic rings. The number of ether oxygens (including phenoxy) is 1. The zero-order valence-electron chi connectivity index (χ0n) is 16.8. The summed E-state index contributed by atoms with van der Waals surface area (Å²) in [6.45, 7) is 1.58. The molecule has 0 unspecified atom stereocenters. The van der Waals surface area contributed by atoms with E-state index < -0.39 is 36.3 Å². The highest BCUT2D eigenvalue weighted by Crippen LogP contribution is 2.24. The number of amides is 5. The van der Waals surface area contributed by atoms with Crippen molar-refractivity contribution in [1.82, 2.24) is 15.5 Å². The Hall–Kier alpha value is -4.01. The Kier molecular flexibility index (Phi) is 6.76. The number of hydrogen-bond acceptors (Lipinski definition) is 6. The molecule has 0 aliphatic carbocycles. The second-order valence-electron chi connectivity index (χ2n) is 6.74. The lowest BCUT2D eigenvalue weighted by atomic mass is 10.1. The number of nitrogens with zero attached hydrogens (tertiary/aromatic N) is 1. The van der Waals surface area contributed by atoms with Gasteiger partial charge in [-0.3, -0.25) is 24.6 Å². The summed E-state index contributed by atoms with van der Waals surface area (Å²) in [5.74, 6) is -2.55. The summed E-state index contributed by atoms with van der Waals surface area (Å²) in [4.78, 5) is 61.6. The van der Waals surface area contributed by atoms with Gasteiger partial charge in [-0.05, 0) is 37.1 Å². The van der Waals surface area contributed by atoms with Crippen LogP contribution in [0.3, 0.4) is 0 Å². The molecule has 0 aromatic heterocycles. The monoisotopic (exact) mass is 423 g/mol. The van der Waals surface area contributed by atoms with Crippen molar-refractivity contribution in [3.8, 4) is 0 Å². The minimum atomic E-state index is -0.850. The fourth-order valence-electron chi connectivity index (χ4n) is 3.09. The molecule has 0 atom stereocenters. The molecule has 3 rings (SSSR count). The number of fused-ring (bicyclic) bond motifs is 1. The zero-order chi connectivity index (χ0) is 22.4. The van der Waals surface area contributed by atoms with Crippen LogP contribution in [0.25, 0.3) is 0 Å². The summed E-state index contributed by atoms with van der Waals surface area (Å²) in [6, 6.07) is 12.8. The van der Waals surface area contributed by atoms with Gasteiger partial charge in [-0.2, -0.15) is 0 Å². The van der Waals surface area contributed by atoms with Crippen LogP contribution in [0.5, 0.6) is 0 Å². The summed E-state index contributed by atoms with van der Waals surface area (Å²) in [7, 11) is 0. The Balaban J connectivity index is 1.62. The van der Waals surface area contributed by atoms with E-state index in [0.717, 1.165) is 10.5 Å². The molecular weight excluding hydrogens is 402 g/mol. The number of esters is 1. The van der Waals surface area contributed by atoms with E-state index in [1.807, 2.05) is 35.6 Å². The Morgan fingerprint density at radius 3 is 2.39 bits per heavy atom. The molecule has 160 valence electrons. The number of imide groups is 2. The maximum absolute atomic E-state index is 12.7. The summed E-state index contributed by atoms with van der Waals surface area (Å²) in [5, 5.41) is 4.38. The third kappa shape index (κ3) is 5.13. The Bertz CT molecular complexity index is 1030. The molecule has 0 radical (unpaired) electrons. The Morgan fingerprint density at radius 2 is 1.68 bits per heavy atom. The fourth-order valence-corrected chi connectivity index (χ4v) is 3.09. The van der Waals surface area contributed by atoms with E-state index in [-0.39, 0.29) is 23.2 Å². The number of hydrogen-bond donors (Lipinski definition) is 2. The Labute approximate surface area is 178 Å². The molecule has 1 heterocycles. The molecule has 9 nitrogen and oxygen atoms in total. The number of rotatable bonds is 7. The van der Waals surface area contributed by atoms with Gasteiger partial charge in [0.15, 0.2) is 6.61 Å². The van der Waals surface area contributed by atoms with Crippen molar-refractivity contribution in [3.63, 3.8) is 0 Å². The molecule has 0 fully saturated rings. The minimum Gasteiger partial charge on any atom is -0.452 e. The van der Waals surface area contributed by atoms with Crippen LogP contribution < -0.4 is 10.6 Å². The topological polar surface area (TPSA) is 122 Å². The van der Waals surface area contributed by atoms with E-state index in [2.05, 4.69) is 5.32 Å². The normalized spacial score (nSPS) is 12.4. The first kappa shape index (κ1) is 21.7. The lowest BCUT2D eigenvalue weighted by Crippen LogP contribution is -2.41. The van der Waals surface area contributed by atoms with Gasteiger partial charge in [0.2, 0.25) is 0 Å². The van der Waals surface area contributed by atoms with Crippen LogP contribution in [0.2, 0.25) is 0 Å². The number of nitrogens with one attached hydrogen (secondary N) is 2. The number of carbonyl (C=O) groups is 5. The zero-order valence-corrected chi connectivity index (χ0v) is 16.8. The Morgan fingerprint density at radius 1 is 0.968 bits per heavy atom. The standard InChI is InChI=1S/C22H21N3O6/c1-2-23-22(30)24-18(26)13-31-21(29)15-8-9-16-17(12-15)20(28)25(19(16)27)11-10-14-6-4-3-5-7-14/h3-9,12H,2,10-11,13H2,1H3,(H2,23,24,26,30). The first-order chi connectivity index (χ1) is 14.9. The van der Waals surface area contributed by atoms with Crippen LogP contribution in [0.1, 0.15) is 43.6 Å². The summed E-state index contributed by atoms with van der Waals surface area (Å²) >= 11 is 0. The van der Waals surface area contributed by atoms with E-state index in [4.69, 9.17) is 4.74 Å². The van der Waals surface area contributed by atoms with Gasteiger partial charge in [-0.25, -0.2) is 9.59 Å². The van der Waals surface area contributed by atoms with E-state index in [0.29, 0.717) is 13.0 Å². The summed E-state index contributed by atoms with van der Waals surface area (Å²) < 4.78 is 4.88. The lowest BCUT2D eigenvalue weighted by molar-refractivity contribution is -0.123. The molecule has 9 heteroatoms. The van der Waals surface area contributed by atoms with Gasteiger partial charge in [0, 0.05) is 13.1 Å². The smallest absolute Gasteiger partial charge is 0.338 e. The molecule has 0 bridgehead atoms. The van der Waals surface area contributed by atoms with E-state index in [1.54, 1.807) is 6.92 Å². The number of carbonyl (C=O) groups excluding carboxylic acids is 5. The summed E-state index contributed by atoms with van der Waals surface area (Å²) in [5.41, 5.74) is 1.34. The quantitative estimate of drug-likeness (QED) is 0.514. The average molecular weight is 423 g/mol. The first-order valence-electron chi connectivity index (χ1n) is 9.69. The highest BCUT2D eigenvalue weighted by Gasteiger charge is 2.35. The molecule has 2 aromatic carbocycles. The van der Waals surface area contributed by atoms with Gasteiger partial charge in [-0.15, -0.1) is 0 Å².